The molecule has 72 valence electrons. The fourth-order valence-corrected chi connectivity index (χ4v) is 1.65. The number of hydrogen-bond donors (Lipinski definition) is 1. The van der Waals surface area contributed by atoms with E-state index in [9.17, 15) is 0 Å². The second-order valence-electron chi connectivity index (χ2n) is 3.23. The molecule has 13 heavy (non-hydrogen) atoms. The first kappa shape index (κ1) is 10.5. The van der Waals surface area contributed by atoms with Gasteiger partial charge in [-0.15, -0.1) is 0 Å². The maximum Gasteiger partial charge on any atom is 0.0540 e. The second kappa shape index (κ2) is 5.22. The Labute approximate surface area is 87.9 Å². The summed E-state index contributed by atoms with van der Waals surface area (Å²) in [4.78, 5) is 4.09. The molecule has 3 heteroatoms. The van der Waals surface area contributed by atoms with Gasteiger partial charge in [0.2, 0.25) is 0 Å². The Kier molecular flexibility index (Phi) is 4.22. The number of hydrogen-bond acceptors (Lipinski definition) is 2. The van der Waals surface area contributed by atoms with E-state index >= 15 is 0 Å². The van der Waals surface area contributed by atoms with Crippen LogP contribution < -0.4 is 5.32 Å². The lowest BCUT2D eigenvalue weighted by molar-refractivity contribution is 0.690. The molecule has 1 heterocycles. The van der Waals surface area contributed by atoms with Gasteiger partial charge in [0.1, 0.15) is 0 Å². The standard InChI is InChI=1S/C10H15BrN2/c1-3-4-8(2)13-10-5-9(11)6-12-7-10/h5-8,13H,3-4H2,1-2H3. The van der Waals surface area contributed by atoms with E-state index in [2.05, 4.69) is 40.1 Å². The summed E-state index contributed by atoms with van der Waals surface area (Å²) in [6.07, 6.45) is 6.02. The van der Waals surface area contributed by atoms with Crippen LogP contribution in [-0.4, -0.2) is 11.0 Å². The van der Waals surface area contributed by atoms with Crippen molar-refractivity contribution in [2.45, 2.75) is 32.7 Å². The zero-order valence-electron chi connectivity index (χ0n) is 8.05. The molecule has 0 saturated carbocycles. The first-order valence-corrected chi connectivity index (χ1v) is 5.38. The largest absolute Gasteiger partial charge is 0.381 e. The molecule has 0 aliphatic rings. The van der Waals surface area contributed by atoms with Gasteiger partial charge in [-0.1, -0.05) is 13.3 Å². The van der Waals surface area contributed by atoms with Gasteiger partial charge in [-0.25, -0.2) is 0 Å². The van der Waals surface area contributed by atoms with Gasteiger partial charge in [-0.2, -0.15) is 0 Å². The first-order valence-electron chi connectivity index (χ1n) is 4.59. The Hall–Kier alpha value is -0.570. The van der Waals surface area contributed by atoms with Crippen LogP contribution in [0.3, 0.4) is 0 Å². The van der Waals surface area contributed by atoms with Gasteiger partial charge in [0.05, 0.1) is 11.9 Å². The van der Waals surface area contributed by atoms with Gasteiger partial charge in [0, 0.05) is 16.7 Å². The van der Waals surface area contributed by atoms with Gasteiger partial charge in [-0.3, -0.25) is 4.98 Å². The van der Waals surface area contributed by atoms with Crippen molar-refractivity contribution >= 4 is 21.6 Å². The van der Waals surface area contributed by atoms with Crippen molar-refractivity contribution in [2.24, 2.45) is 0 Å². The molecule has 1 atom stereocenters. The maximum absolute atomic E-state index is 4.09. The van der Waals surface area contributed by atoms with Crippen molar-refractivity contribution in [3.05, 3.63) is 22.9 Å². The van der Waals surface area contributed by atoms with Crippen molar-refractivity contribution in [3.63, 3.8) is 0 Å². The lowest BCUT2D eigenvalue weighted by atomic mass is 10.2. The minimum atomic E-state index is 0.515. The Balaban J connectivity index is 2.53. The predicted molar refractivity (Wildman–Crippen MR) is 59.9 cm³/mol. The summed E-state index contributed by atoms with van der Waals surface area (Å²) in [5.41, 5.74) is 1.08. The monoisotopic (exact) mass is 242 g/mol. The highest BCUT2D eigenvalue weighted by atomic mass is 79.9. The van der Waals surface area contributed by atoms with Crippen LogP contribution in [0.1, 0.15) is 26.7 Å². The topological polar surface area (TPSA) is 24.9 Å². The zero-order chi connectivity index (χ0) is 9.68. The van der Waals surface area contributed by atoms with Gasteiger partial charge < -0.3 is 5.32 Å². The van der Waals surface area contributed by atoms with E-state index in [0.717, 1.165) is 10.2 Å². The predicted octanol–water partition coefficient (Wildman–Crippen LogP) is 3.44. The molecule has 0 aliphatic heterocycles. The van der Waals surface area contributed by atoms with E-state index in [0.29, 0.717) is 6.04 Å². The Morgan fingerprint density at radius 3 is 2.92 bits per heavy atom. The minimum Gasteiger partial charge on any atom is -0.381 e. The normalized spacial score (nSPS) is 12.5. The molecule has 2 nitrogen and oxygen atoms in total. The van der Waals surface area contributed by atoms with E-state index in [-0.39, 0.29) is 0 Å². The molecule has 1 rings (SSSR count). The van der Waals surface area contributed by atoms with Crippen molar-refractivity contribution < 1.29 is 0 Å². The third-order valence-electron chi connectivity index (χ3n) is 1.84. The molecule has 1 N–H and O–H groups in total. The van der Waals surface area contributed by atoms with E-state index in [1.807, 2.05) is 12.3 Å². The van der Waals surface area contributed by atoms with Crippen LogP contribution in [0.25, 0.3) is 0 Å². The highest BCUT2D eigenvalue weighted by Gasteiger charge is 2.00. The average Bonchev–Trinajstić information content (AvgIpc) is 2.04. The van der Waals surface area contributed by atoms with Crippen molar-refractivity contribution in [3.8, 4) is 0 Å². The van der Waals surface area contributed by atoms with Crippen LogP contribution in [0.4, 0.5) is 5.69 Å². The van der Waals surface area contributed by atoms with Crippen LogP contribution in [0.15, 0.2) is 22.9 Å². The molecule has 0 fully saturated rings. The number of nitrogens with zero attached hydrogens (tertiary/aromatic N) is 1. The zero-order valence-corrected chi connectivity index (χ0v) is 9.63. The summed E-state index contributed by atoms with van der Waals surface area (Å²) in [5.74, 6) is 0. The van der Waals surface area contributed by atoms with Crippen molar-refractivity contribution in [2.75, 3.05) is 5.32 Å². The smallest absolute Gasteiger partial charge is 0.0540 e. The molecule has 1 aromatic rings. The third-order valence-corrected chi connectivity index (χ3v) is 2.27. The van der Waals surface area contributed by atoms with Crippen molar-refractivity contribution in [1.82, 2.24) is 4.98 Å². The molecule has 0 saturated heterocycles. The second-order valence-corrected chi connectivity index (χ2v) is 4.14. The van der Waals surface area contributed by atoms with Crippen molar-refractivity contribution in [1.29, 1.82) is 0 Å². The third kappa shape index (κ3) is 3.77. The average molecular weight is 243 g/mol. The summed E-state index contributed by atoms with van der Waals surface area (Å²) in [5, 5.41) is 3.39. The van der Waals surface area contributed by atoms with Crippen LogP contribution in [-0.2, 0) is 0 Å². The summed E-state index contributed by atoms with van der Waals surface area (Å²) in [7, 11) is 0. The maximum atomic E-state index is 4.09. The summed E-state index contributed by atoms with van der Waals surface area (Å²) >= 11 is 3.39. The van der Waals surface area contributed by atoms with Gasteiger partial charge in [0.15, 0.2) is 0 Å². The first-order chi connectivity index (χ1) is 6.22. The van der Waals surface area contributed by atoms with E-state index < -0.39 is 0 Å². The van der Waals surface area contributed by atoms with Crippen LogP contribution >= 0.6 is 15.9 Å². The summed E-state index contributed by atoms with van der Waals surface area (Å²) < 4.78 is 1.01. The molecule has 1 aromatic heterocycles. The highest BCUT2D eigenvalue weighted by molar-refractivity contribution is 9.10. The Morgan fingerprint density at radius 2 is 2.31 bits per heavy atom. The lowest BCUT2D eigenvalue weighted by Gasteiger charge is -2.13. The van der Waals surface area contributed by atoms with E-state index in [4.69, 9.17) is 0 Å². The van der Waals surface area contributed by atoms with E-state index in [1.165, 1.54) is 12.8 Å². The molecular weight excluding hydrogens is 228 g/mol. The number of halogens is 1. The molecule has 0 aliphatic carbocycles. The summed E-state index contributed by atoms with van der Waals surface area (Å²) in [6, 6.07) is 2.56. The fraction of sp³-hybridized carbons (Fsp3) is 0.500. The van der Waals surface area contributed by atoms with Gasteiger partial charge in [-0.05, 0) is 35.3 Å². The van der Waals surface area contributed by atoms with Gasteiger partial charge >= 0.3 is 0 Å². The lowest BCUT2D eigenvalue weighted by Crippen LogP contribution is -2.14. The molecule has 0 aromatic carbocycles. The Bertz CT molecular complexity index is 263. The highest BCUT2D eigenvalue weighted by Crippen LogP contribution is 2.15. The number of anilines is 1. The number of nitrogens with one attached hydrogen (secondary N) is 1. The van der Waals surface area contributed by atoms with Crippen LogP contribution in [0.5, 0.6) is 0 Å². The number of pyridine rings is 1. The Morgan fingerprint density at radius 1 is 1.54 bits per heavy atom. The van der Waals surface area contributed by atoms with Crippen LogP contribution in [0.2, 0.25) is 0 Å². The SMILES string of the molecule is CCCC(C)Nc1cncc(Br)c1. The molecule has 0 bridgehead atoms. The number of rotatable bonds is 4. The summed E-state index contributed by atoms with van der Waals surface area (Å²) in [6.45, 7) is 4.38. The molecule has 0 radical (unpaired) electrons. The van der Waals surface area contributed by atoms with E-state index in [1.54, 1.807) is 6.20 Å². The molecule has 0 amide bonds. The van der Waals surface area contributed by atoms with Gasteiger partial charge in [0.25, 0.3) is 0 Å². The molecular formula is C10H15BrN2. The number of aromatic nitrogens is 1. The fourth-order valence-electron chi connectivity index (χ4n) is 1.28. The minimum absolute atomic E-state index is 0.515. The quantitative estimate of drug-likeness (QED) is 0.876. The van der Waals surface area contributed by atoms with Crippen LogP contribution in [0, 0.1) is 0 Å². The molecule has 1 unspecified atom stereocenters. The molecule has 0 spiro atoms.